The van der Waals surface area contributed by atoms with Gasteiger partial charge < -0.3 is 14.8 Å². The zero-order valence-electron chi connectivity index (χ0n) is 21.1. The van der Waals surface area contributed by atoms with E-state index in [1.807, 2.05) is 18.0 Å². The third-order valence-corrected chi connectivity index (χ3v) is 7.70. The lowest BCUT2D eigenvalue weighted by Gasteiger charge is -2.32. The number of hydrogen-bond acceptors (Lipinski definition) is 5. The standard InChI is InChI=1S/C29H36N4O2/c1-17(2)24-16-25(21(15-28(24)35)13-22-12-18(3)6-9-27(22)34)29-31-30-19(4)33(29)23-7-8-26-20(14-23)10-11-32(26)5/h7-8,10-11,14-18,22,27,30,34-35H,4,6,9,12-13H2,1-3,5H3/t18-,22?,27?/m0/s1. The molecule has 6 heteroatoms. The Morgan fingerprint density at radius 1 is 1.17 bits per heavy atom. The molecule has 1 aromatic heterocycles. The number of aromatic hydroxyl groups is 1. The van der Waals surface area contributed by atoms with Crippen molar-refractivity contribution in [2.24, 2.45) is 24.0 Å². The molecule has 1 aliphatic heterocycles. The normalized spacial score (nSPS) is 22.7. The first-order valence-corrected chi connectivity index (χ1v) is 12.6. The van der Waals surface area contributed by atoms with E-state index in [2.05, 4.69) is 73.9 Å². The molecule has 3 aromatic rings. The van der Waals surface area contributed by atoms with Crippen LogP contribution in [-0.4, -0.2) is 26.7 Å². The molecule has 2 unspecified atom stereocenters. The molecule has 3 N–H and O–H groups in total. The van der Waals surface area contributed by atoms with Crippen LogP contribution in [0.1, 0.15) is 62.6 Å². The molecule has 1 fully saturated rings. The fourth-order valence-electron chi connectivity index (χ4n) is 5.68. The lowest BCUT2D eigenvalue weighted by atomic mass is 9.76. The first kappa shape index (κ1) is 23.5. The fraction of sp³-hybridized carbons (Fsp3) is 0.414. The van der Waals surface area contributed by atoms with E-state index in [1.54, 1.807) is 0 Å². The van der Waals surface area contributed by atoms with E-state index in [1.165, 1.54) is 0 Å². The minimum Gasteiger partial charge on any atom is -0.508 e. The van der Waals surface area contributed by atoms with Crippen molar-refractivity contribution in [2.75, 3.05) is 4.90 Å². The summed E-state index contributed by atoms with van der Waals surface area (Å²) >= 11 is 0. The van der Waals surface area contributed by atoms with Gasteiger partial charge in [-0.15, -0.1) is 0 Å². The van der Waals surface area contributed by atoms with E-state index in [0.717, 1.165) is 58.4 Å². The molecule has 35 heavy (non-hydrogen) atoms. The third kappa shape index (κ3) is 4.31. The van der Waals surface area contributed by atoms with Crippen molar-refractivity contribution in [1.82, 2.24) is 9.99 Å². The lowest BCUT2D eigenvalue weighted by molar-refractivity contribution is 0.0519. The summed E-state index contributed by atoms with van der Waals surface area (Å²) in [6.07, 6.45) is 5.32. The van der Waals surface area contributed by atoms with Gasteiger partial charge in [-0.1, -0.05) is 27.4 Å². The van der Waals surface area contributed by atoms with Crippen LogP contribution in [0.4, 0.5) is 5.69 Å². The Bertz CT molecular complexity index is 1310. The van der Waals surface area contributed by atoms with Gasteiger partial charge in [-0.05, 0) is 91.0 Å². The van der Waals surface area contributed by atoms with Crippen molar-refractivity contribution in [3.05, 3.63) is 71.7 Å². The number of hydrogen-bond donors (Lipinski definition) is 3. The van der Waals surface area contributed by atoms with Gasteiger partial charge in [-0.2, -0.15) is 5.10 Å². The Morgan fingerprint density at radius 2 is 1.97 bits per heavy atom. The Morgan fingerprint density at radius 3 is 2.74 bits per heavy atom. The molecule has 0 spiro atoms. The number of aromatic nitrogens is 1. The predicted octanol–water partition coefficient (Wildman–Crippen LogP) is 5.59. The van der Waals surface area contributed by atoms with Crippen molar-refractivity contribution >= 4 is 22.4 Å². The van der Waals surface area contributed by atoms with Gasteiger partial charge in [0.05, 0.1) is 6.10 Å². The largest absolute Gasteiger partial charge is 0.508 e. The second-order valence-corrected chi connectivity index (χ2v) is 10.7. The summed E-state index contributed by atoms with van der Waals surface area (Å²) in [6.45, 7) is 10.6. The van der Waals surface area contributed by atoms with Crippen LogP contribution in [0.15, 0.2) is 60.1 Å². The molecule has 0 amide bonds. The molecule has 5 rings (SSSR count). The van der Waals surface area contributed by atoms with Crippen LogP contribution in [0.3, 0.4) is 0 Å². The number of benzene rings is 2. The maximum absolute atomic E-state index is 10.9. The number of aliphatic hydroxyl groups is 1. The number of anilines is 1. The lowest BCUT2D eigenvalue weighted by Crippen LogP contribution is -2.32. The van der Waals surface area contributed by atoms with Gasteiger partial charge in [0, 0.05) is 35.4 Å². The highest BCUT2D eigenvalue weighted by Crippen LogP contribution is 2.37. The Kier molecular flexibility index (Phi) is 6.09. The number of amidine groups is 1. The van der Waals surface area contributed by atoms with Gasteiger partial charge in [0.1, 0.15) is 11.6 Å². The maximum Gasteiger partial charge on any atom is 0.166 e. The fourth-order valence-corrected chi connectivity index (χ4v) is 5.68. The highest BCUT2D eigenvalue weighted by atomic mass is 16.3. The average molecular weight is 473 g/mol. The Balaban J connectivity index is 1.59. The number of aryl methyl sites for hydroxylation is 1. The van der Waals surface area contributed by atoms with Gasteiger partial charge in [-0.3, -0.25) is 10.3 Å². The van der Waals surface area contributed by atoms with E-state index in [-0.39, 0.29) is 17.9 Å². The van der Waals surface area contributed by atoms with Crippen LogP contribution in [0.5, 0.6) is 5.75 Å². The predicted molar refractivity (Wildman–Crippen MR) is 143 cm³/mol. The molecular weight excluding hydrogens is 436 g/mol. The summed E-state index contributed by atoms with van der Waals surface area (Å²) < 4.78 is 2.11. The summed E-state index contributed by atoms with van der Waals surface area (Å²) in [5.74, 6) is 2.67. The first-order chi connectivity index (χ1) is 16.7. The third-order valence-electron chi connectivity index (χ3n) is 7.70. The monoisotopic (exact) mass is 472 g/mol. The minimum absolute atomic E-state index is 0.161. The topological polar surface area (TPSA) is 73.0 Å². The number of nitrogens with one attached hydrogen (secondary N) is 1. The van der Waals surface area contributed by atoms with Gasteiger partial charge in [0.25, 0.3) is 0 Å². The average Bonchev–Trinajstić information content (AvgIpc) is 3.38. The molecule has 1 saturated carbocycles. The molecule has 0 radical (unpaired) electrons. The van der Waals surface area contributed by atoms with E-state index in [4.69, 9.17) is 5.10 Å². The quantitative estimate of drug-likeness (QED) is 0.453. The molecule has 0 bridgehead atoms. The molecule has 3 atom stereocenters. The molecule has 1 aliphatic carbocycles. The summed E-state index contributed by atoms with van der Waals surface area (Å²) in [5, 5.41) is 27.5. The molecule has 2 heterocycles. The molecule has 6 nitrogen and oxygen atoms in total. The molecule has 2 aliphatic rings. The van der Waals surface area contributed by atoms with Crippen LogP contribution >= 0.6 is 0 Å². The van der Waals surface area contributed by atoms with Crippen LogP contribution in [-0.2, 0) is 13.5 Å². The Labute approximate surface area is 207 Å². The highest BCUT2D eigenvalue weighted by Gasteiger charge is 2.32. The van der Waals surface area contributed by atoms with E-state index in [0.29, 0.717) is 23.9 Å². The number of rotatable bonds is 5. The van der Waals surface area contributed by atoms with Gasteiger partial charge in [-0.25, -0.2) is 0 Å². The summed E-state index contributed by atoms with van der Waals surface area (Å²) in [7, 11) is 2.04. The van der Waals surface area contributed by atoms with Crippen molar-refractivity contribution in [3.63, 3.8) is 0 Å². The minimum atomic E-state index is -0.318. The molecule has 184 valence electrons. The number of aliphatic hydroxyl groups excluding tert-OH is 1. The van der Waals surface area contributed by atoms with E-state index < -0.39 is 0 Å². The molecular formula is C29H36N4O2. The van der Waals surface area contributed by atoms with Crippen LogP contribution in [0.25, 0.3) is 10.9 Å². The van der Waals surface area contributed by atoms with Crippen LogP contribution in [0.2, 0.25) is 0 Å². The first-order valence-electron chi connectivity index (χ1n) is 12.6. The zero-order chi connectivity index (χ0) is 24.9. The number of nitrogens with zero attached hydrogens (tertiary/aromatic N) is 3. The molecule has 2 aromatic carbocycles. The van der Waals surface area contributed by atoms with Crippen molar-refractivity contribution in [2.45, 2.75) is 58.5 Å². The number of fused-ring (bicyclic) bond motifs is 1. The second-order valence-electron chi connectivity index (χ2n) is 10.7. The van der Waals surface area contributed by atoms with Gasteiger partial charge in [0.15, 0.2) is 5.84 Å². The Hall–Kier alpha value is -3.25. The van der Waals surface area contributed by atoms with Crippen LogP contribution in [0, 0.1) is 11.8 Å². The number of phenolic OH excluding ortho intramolecular Hbond substituents is 1. The van der Waals surface area contributed by atoms with Crippen molar-refractivity contribution < 1.29 is 10.2 Å². The summed E-state index contributed by atoms with van der Waals surface area (Å²) in [6, 6.07) is 12.4. The van der Waals surface area contributed by atoms with Crippen LogP contribution < -0.4 is 10.3 Å². The maximum atomic E-state index is 10.9. The van der Waals surface area contributed by atoms with E-state index >= 15 is 0 Å². The van der Waals surface area contributed by atoms with Gasteiger partial charge >= 0.3 is 0 Å². The summed E-state index contributed by atoms with van der Waals surface area (Å²) in [4.78, 5) is 2.05. The SMILES string of the molecule is C=C1NN=C(c2cc(C(C)C)c(O)cc2CC2C[C@@H](C)CCC2O)N1c1ccc2c(ccn2C)c1. The smallest absolute Gasteiger partial charge is 0.166 e. The van der Waals surface area contributed by atoms with Crippen molar-refractivity contribution in [1.29, 1.82) is 0 Å². The van der Waals surface area contributed by atoms with E-state index in [9.17, 15) is 10.2 Å². The zero-order valence-corrected chi connectivity index (χ0v) is 21.1. The second kappa shape index (κ2) is 9.08. The summed E-state index contributed by atoms with van der Waals surface area (Å²) in [5.41, 5.74) is 8.09. The molecule has 0 saturated heterocycles. The number of phenols is 1. The van der Waals surface area contributed by atoms with Gasteiger partial charge in [0.2, 0.25) is 0 Å². The number of hydrazone groups is 1. The van der Waals surface area contributed by atoms with Crippen molar-refractivity contribution in [3.8, 4) is 5.75 Å². The highest BCUT2D eigenvalue weighted by molar-refractivity contribution is 6.14.